The minimum atomic E-state index is -1.04. The smallest absolute Gasteiger partial charge is 0.167 e. The van der Waals surface area contributed by atoms with Gasteiger partial charge in [0, 0.05) is 12.6 Å². The van der Waals surface area contributed by atoms with Gasteiger partial charge in [-0.2, -0.15) is 0 Å². The van der Waals surface area contributed by atoms with Crippen LogP contribution in [0.3, 0.4) is 0 Å². The largest absolute Gasteiger partial charge is 0.387 e. The molecule has 9 heteroatoms. The lowest BCUT2D eigenvalue weighted by Gasteiger charge is -2.17. The molecule has 1 saturated carbocycles. The van der Waals surface area contributed by atoms with Crippen LogP contribution in [0.15, 0.2) is 12.7 Å². The van der Waals surface area contributed by atoms with E-state index in [1.54, 1.807) is 10.9 Å². The highest BCUT2D eigenvalue weighted by Crippen LogP contribution is 2.32. The van der Waals surface area contributed by atoms with E-state index in [2.05, 4.69) is 25.6 Å². The molecule has 2 aromatic heterocycles. The molecule has 2 aromatic rings. The number of fused-ring (bicyclic) bond motifs is 1. The Morgan fingerprint density at radius 1 is 1.19 bits per heavy atom. The predicted molar refractivity (Wildman–Crippen MR) is 95.7 cm³/mol. The standard InChI is InChI=1S/C17H26N6O3/c1-2-18-7-11-13(24)14(25)17(26-11)23-9-21-12-15(19-8-20-16(12)23)22-10-5-3-4-6-10/h8-11,13-14,17-18,24-25H,2-7H2,1H3,(H,19,20,22)/t11-,13-,14-,17-/m1/s1. The second-order valence-electron chi connectivity index (χ2n) is 7.03. The summed E-state index contributed by atoms with van der Waals surface area (Å²) in [5, 5.41) is 27.3. The van der Waals surface area contributed by atoms with E-state index in [4.69, 9.17) is 4.74 Å². The first-order valence-corrected chi connectivity index (χ1v) is 9.35. The van der Waals surface area contributed by atoms with Crippen molar-refractivity contribution in [3.63, 3.8) is 0 Å². The number of anilines is 1. The van der Waals surface area contributed by atoms with E-state index in [0.29, 0.717) is 29.6 Å². The second kappa shape index (κ2) is 7.43. The minimum absolute atomic E-state index is 0.415. The molecule has 26 heavy (non-hydrogen) atoms. The molecule has 3 heterocycles. The maximum absolute atomic E-state index is 10.4. The zero-order valence-electron chi connectivity index (χ0n) is 14.9. The van der Waals surface area contributed by atoms with Crippen LogP contribution in [0, 0.1) is 0 Å². The van der Waals surface area contributed by atoms with E-state index in [-0.39, 0.29) is 0 Å². The SMILES string of the molecule is CCNC[C@H]1O[C@@H](n2cnc3c(NC4CCCC4)ncnc32)[C@H](O)[C@@H]1O. The number of nitrogens with zero attached hydrogens (tertiary/aromatic N) is 4. The quantitative estimate of drug-likeness (QED) is 0.584. The molecule has 9 nitrogen and oxygen atoms in total. The zero-order chi connectivity index (χ0) is 18.1. The molecule has 0 amide bonds. The van der Waals surface area contributed by atoms with Crippen LogP contribution >= 0.6 is 0 Å². The van der Waals surface area contributed by atoms with Crippen LogP contribution in [-0.4, -0.2) is 67.2 Å². The van der Waals surface area contributed by atoms with Crippen molar-refractivity contribution in [3.8, 4) is 0 Å². The number of rotatable bonds is 6. The lowest BCUT2D eigenvalue weighted by Crippen LogP contribution is -2.37. The Labute approximate surface area is 151 Å². The molecule has 2 aliphatic rings. The number of ether oxygens (including phenoxy) is 1. The maximum atomic E-state index is 10.4. The molecule has 1 saturated heterocycles. The van der Waals surface area contributed by atoms with Crippen molar-refractivity contribution in [1.29, 1.82) is 0 Å². The van der Waals surface area contributed by atoms with Gasteiger partial charge >= 0.3 is 0 Å². The Kier molecular flexibility index (Phi) is 5.03. The van der Waals surface area contributed by atoms with Crippen LogP contribution < -0.4 is 10.6 Å². The second-order valence-corrected chi connectivity index (χ2v) is 7.03. The average Bonchev–Trinajstić information content (AvgIpc) is 3.36. The van der Waals surface area contributed by atoms with Gasteiger partial charge in [0.25, 0.3) is 0 Å². The van der Waals surface area contributed by atoms with Gasteiger partial charge in [-0.05, 0) is 19.4 Å². The summed E-state index contributed by atoms with van der Waals surface area (Å²) in [6.07, 6.45) is 4.59. The van der Waals surface area contributed by atoms with Gasteiger partial charge in [-0.3, -0.25) is 4.57 Å². The van der Waals surface area contributed by atoms with E-state index in [9.17, 15) is 10.2 Å². The van der Waals surface area contributed by atoms with Crippen LogP contribution in [0.4, 0.5) is 5.82 Å². The number of aliphatic hydroxyl groups excluding tert-OH is 2. The summed E-state index contributed by atoms with van der Waals surface area (Å²) < 4.78 is 7.57. The first kappa shape index (κ1) is 17.6. The third kappa shape index (κ3) is 3.16. The molecular weight excluding hydrogens is 336 g/mol. The van der Waals surface area contributed by atoms with Crippen molar-refractivity contribution in [2.45, 2.75) is 63.2 Å². The third-order valence-electron chi connectivity index (χ3n) is 5.26. The van der Waals surface area contributed by atoms with Gasteiger partial charge in [0.1, 0.15) is 24.6 Å². The van der Waals surface area contributed by atoms with Crippen molar-refractivity contribution in [2.75, 3.05) is 18.4 Å². The van der Waals surface area contributed by atoms with Gasteiger partial charge in [0.2, 0.25) is 0 Å². The molecule has 4 rings (SSSR count). The fraction of sp³-hybridized carbons (Fsp3) is 0.706. The zero-order valence-corrected chi connectivity index (χ0v) is 14.9. The molecule has 142 valence electrons. The fourth-order valence-corrected chi connectivity index (χ4v) is 3.82. The fourth-order valence-electron chi connectivity index (χ4n) is 3.82. The van der Waals surface area contributed by atoms with Gasteiger partial charge in [-0.15, -0.1) is 0 Å². The first-order chi connectivity index (χ1) is 12.7. The lowest BCUT2D eigenvalue weighted by atomic mass is 10.1. The lowest BCUT2D eigenvalue weighted by molar-refractivity contribution is -0.0340. The number of likely N-dealkylation sites (N-methyl/N-ethyl adjacent to an activating group) is 1. The molecule has 0 radical (unpaired) electrons. The van der Waals surface area contributed by atoms with Crippen molar-refractivity contribution in [1.82, 2.24) is 24.8 Å². The molecule has 1 aliphatic heterocycles. The topological polar surface area (TPSA) is 117 Å². The highest BCUT2D eigenvalue weighted by molar-refractivity contribution is 5.82. The Balaban J connectivity index is 1.59. The van der Waals surface area contributed by atoms with Crippen LogP contribution in [0.1, 0.15) is 38.8 Å². The van der Waals surface area contributed by atoms with E-state index in [0.717, 1.165) is 19.4 Å². The van der Waals surface area contributed by atoms with Gasteiger partial charge in [0.15, 0.2) is 23.2 Å². The van der Waals surface area contributed by atoms with Crippen LogP contribution in [0.2, 0.25) is 0 Å². The summed E-state index contributed by atoms with van der Waals surface area (Å²) in [5.74, 6) is 0.706. The highest BCUT2D eigenvalue weighted by Gasteiger charge is 2.44. The molecule has 1 aliphatic carbocycles. The number of nitrogens with one attached hydrogen (secondary N) is 2. The van der Waals surface area contributed by atoms with E-state index < -0.39 is 24.5 Å². The van der Waals surface area contributed by atoms with Crippen LogP contribution in [0.25, 0.3) is 11.2 Å². The van der Waals surface area contributed by atoms with Gasteiger partial charge < -0.3 is 25.6 Å². The number of aromatic nitrogens is 4. The number of hydrogen-bond acceptors (Lipinski definition) is 8. The normalized spacial score (nSPS) is 29.7. The van der Waals surface area contributed by atoms with Crippen LogP contribution in [-0.2, 0) is 4.74 Å². The third-order valence-corrected chi connectivity index (χ3v) is 5.26. The maximum Gasteiger partial charge on any atom is 0.167 e. The molecule has 0 bridgehead atoms. The van der Waals surface area contributed by atoms with Crippen molar-refractivity contribution < 1.29 is 14.9 Å². The Morgan fingerprint density at radius 2 is 2.00 bits per heavy atom. The summed E-state index contributed by atoms with van der Waals surface area (Å²) in [7, 11) is 0. The molecular formula is C17H26N6O3. The van der Waals surface area contributed by atoms with Crippen LogP contribution in [0.5, 0.6) is 0 Å². The number of hydrogen-bond donors (Lipinski definition) is 4. The first-order valence-electron chi connectivity index (χ1n) is 9.35. The molecule has 4 N–H and O–H groups in total. The predicted octanol–water partition coefficient (Wildman–Crippen LogP) is 0.409. The monoisotopic (exact) mass is 362 g/mol. The van der Waals surface area contributed by atoms with Gasteiger partial charge in [-0.25, -0.2) is 15.0 Å². The molecule has 0 aromatic carbocycles. The van der Waals surface area contributed by atoms with Crippen molar-refractivity contribution >= 4 is 17.0 Å². The summed E-state index contributed by atoms with van der Waals surface area (Å²) >= 11 is 0. The molecule has 2 fully saturated rings. The summed E-state index contributed by atoms with van der Waals surface area (Å²) in [4.78, 5) is 13.1. The molecule has 0 spiro atoms. The highest BCUT2D eigenvalue weighted by atomic mass is 16.6. The van der Waals surface area contributed by atoms with Crippen molar-refractivity contribution in [3.05, 3.63) is 12.7 Å². The van der Waals surface area contributed by atoms with Gasteiger partial charge in [-0.1, -0.05) is 19.8 Å². The van der Waals surface area contributed by atoms with E-state index >= 15 is 0 Å². The Bertz CT molecular complexity index is 747. The summed E-state index contributed by atoms with van der Waals surface area (Å²) in [6, 6.07) is 0.415. The van der Waals surface area contributed by atoms with Crippen molar-refractivity contribution in [2.24, 2.45) is 0 Å². The molecule has 4 atom stereocenters. The Morgan fingerprint density at radius 3 is 2.77 bits per heavy atom. The van der Waals surface area contributed by atoms with Gasteiger partial charge in [0.05, 0.1) is 6.33 Å². The number of imidazole rings is 1. The number of aliphatic hydroxyl groups is 2. The Hall–Kier alpha value is -1.81. The minimum Gasteiger partial charge on any atom is -0.387 e. The average molecular weight is 362 g/mol. The summed E-state index contributed by atoms with van der Waals surface area (Å²) in [5.41, 5.74) is 1.24. The van der Waals surface area contributed by atoms with E-state index in [1.165, 1.54) is 19.2 Å². The molecule has 0 unspecified atom stereocenters. The summed E-state index contributed by atoms with van der Waals surface area (Å²) in [6.45, 7) is 3.22. The van der Waals surface area contributed by atoms with E-state index in [1.807, 2.05) is 6.92 Å².